The number of amides is 1. The van der Waals surface area contributed by atoms with Crippen molar-refractivity contribution in [3.8, 4) is 10.6 Å². The Balaban J connectivity index is 1.42. The lowest BCUT2D eigenvalue weighted by Gasteiger charge is -2.32. The zero-order valence-electron chi connectivity index (χ0n) is 20.1. The highest BCUT2D eigenvalue weighted by molar-refractivity contribution is 7.17. The monoisotopic (exact) mass is 464 g/mol. The van der Waals surface area contributed by atoms with Crippen LogP contribution in [-0.4, -0.2) is 38.7 Å². The van der Waals surface area contributed by atoms with Crippen molar-refractivity contribution < 1.29 is 4.79 Å². The average Bonchev–Trinajstić information content (AvgIpc) is 3.18. The molecule has 1 saturated heterocycles. The highest BCUT2D eigenvalue weighted by Crippen LogP contribution is 2.31. The average molecular weight is 465 g/mol. The van der Waals surface area contributed by atoms with Gasteiger partial charge in [-0.2, -0.15) is 5.10 Å². The highest BCUT2D eigenvalue weighted by atomic mass is 32.1. The summed E-state index contributed by atoms with van der Waals surface area (Å²) in [4.78, 5) is 33.2. The molecule has 0 saturated carbocycles. The van der Waals surface area contributed by atoms with Gasteiger partial charge in [0, 0.05) is 20.1 Å². The van der Waals surface area contributed by atoms with Crippen LogP contribution in [0.25, 0.3) is 10.6 Å². The van der Waals surface area contributed by atoms with Crippen LogP contribution < -0.4 is 5.56 Å². The number of rotatable bonds is 5. The van der Waals surface area contributed by atoms with Crippen LogP contribution in [0.15, 0.2) is 29.1 Å². The second-order valence-corrected chi connectivity index (χ2v) is 10.2. The number of likely N-dealkylation sites (tertiary alicyclic amines) is 1. The van der Waals surface area contributed by atoms with Crippen LogP contribution in [-0.2, 0) is 13.5 Å². The van der Waals surface area contributed by atoms with Gasteiger partial charge in [0.25, 0.3) is 11.5 Å². The number of thiazole rings is 1. The molecule has 3 aromatic rings. The fourth-order valence-corrected chi connectivity index (χ4v) is 5.62. The molecule has 6 nitrogen and oxygen atoms in total. The van der Waals surface area contributed by atoms with E-state index in [0.29, 0.717) is 27.1 Å². The van der Waals surface area contributed by atoms with Crippen molar-refractivity contribution in [3.05, 3.63) is 67.6 Å². The van der Waals surface area contributed by atoms with Crippen LogP contribution in [0, 0.1) is 33.6 Å². The Bertz CT molecular complexity index is 1220. The first-order valence-corrected chi connectivity index (χ1v) is 12.4. The maximum atomic E-state index is 13.3. The minimum absolute atomic E-state index is 0.0356. The normalized spacial score (nSPS) is 14.6. The first-order chi connectivity index (χ1) is 15.7. The molecule has 0 N–H and O–H groups in total. The molecule has 2 aromatic heterocycles. The number of hydrogen-bond acceptors (Lipinski definition) is 5. The van der Waals surface area contributed by atoms with Crippen molar-refractivity contribution in [1.82, 2.24) is 19.7 Å². The molecule has 1 amide bonds. The van der Waals surface area contributed by atoms with Crippen molar-refractivity contribution in [1.29, 1.82) is 0 Å². The molecule has 33 heavy (non-hydrogen) atoms. The molecule has 0 aliphatic carbocycles. The van der Waals surface area contributed by atoms with Gasteiger partial charge < -0.3 is 4.90 Å². The third-order valence-electron chi connectivity index (χ3n) is 6.79. The van der Waals surface area contributed by atoms with Crippen molar-refractivity contribution in [2.45, 2.75) is 53.4 Å². The van der Waals surface area contributed by atoms with Crippen molar-refractivity contribution >= 4 is 17.2 Å². The summed E-state index contributed by atoms with van der Waals surface area (Å²) in [6.45, 7) is 9.30. The summed E-state index contributed by atoms with van der Waals surface area (Å²) in [5.74, 6) is 0.687. The molecule has 0 bridgehead atoms. The van der Waals surface area contributed by atoms with E-state index >= 15 is 0 Å². The molecule has 1 fully saturated rings. The Labute approximate surface area is 199 Å². The van der Waals surface area contributed by atoms with E-state index in [4.69, 9.17) is 0 Å². The Morgan fingerprint density at radius 2 is 1.73 bits per heavy atom. The van der Waals surface area contributed by atoms with E-state index in [0.717, 1.165) is 43.6 Å². The van der Waals surface area contributed by atoms with Gasteiger partial charge in [-0.1, -0.05) is 29.8 Å². The second kappa shape index (κ2) is 9.59. The maximum absolute atomic E-state index is 13.3. The van der Waals surface area contributed by atoms with Gasteiger partial charge in [0.2, 0.25) is 0 Å². The van der Waals surface area contributed by atoms with E-state index in [9.17, 15) is 9.59 Å². The predicted octanol–water partition coefficient (Wildman–Crippen LogP) is 4.62. The summed E-state index contributed by atoms with van der Waals surface area (Å²) < 4.78 is 1.34. The van der Waals surface area contributed by atoms with Gasteiger partial charge >= 0.3 is 0 Å². The molecule has 3 heterocycles. The molecule has 1 aliphatic heterocycles. The van der Waals surface area contributed by atoms with Crippen LogP contribution in [0.1, 0.15) is 57.0 Å². The van der Waals surface area contributed by atoms with Gasteiger partial charge in [0.05, 0.1) is 17.0 Å². The fourth-order valence-electron chi connectivity index (χ4n) is 4.50. The third kappa shape index (κ3) is 4.93. The van der Waals surface area contributed by atoms with Crippen molar-refractivity contribution in [3.63, 3.8) is 0 Å². The standard InChI is InChI=1S/C26H32N4O2S/c1-16-6-8-20(9-7-16)10-11-21-12-14-30(15-13-21)26(32)23-19(4)27-24(33-23)22-17(2)18(3)28-29(5)25(22)31/h6-9,21H,10-15H2,1-5H3. The lowest BCUT2D eigenvalue weighted by Crippen LogP contribution is -2.38. The molecule has 0 radical (unpaired) electrons. The van der Waals surface area contributed by atoms with Gasteiger partial charge in [0.15, 0.2) is 0 Å². The molecule has 7 heteroatoms. The van der Waals surface area contributed by atoms with Gasteiger partial charge in [-0.3, -0.25) is 9.59 Å². The largest absolute Gasteiger partial charge is 0.338 e. The van der Waals surface area contributed by atoms with Crippen molar-refractivity contribution in [2.75, 3.05) is 13.1 Å². The Hall–Kier alpha value is -2.80. The van der Waals surface area contributed by atoms with Crippen LogP contribution in [0.5, 0.6) is 0 Å². The number of aromatic nitrogens is 3. The van der Waals surface area contributed by atoms with Crippen LogP contribution in [0.2, 0.25) is 0 Å². The molecular weight excluding hydrogens is 432 g/mol. The van der Waals surface area contributed by atoms with Gasteiger partial charge in [-0.05, 0) is 70.4 Å². The number of hydrogen-bond donors (Lipinski definition) is 0. The number of piperidine rings is 1. The summed E-state index contributed by atoms with van der Waals surface area (Å²) >= 11 is 1.33. The quantitative estimate of drug-likeness (QED) is 0.552. The molecule has 4 rings (SSSR count). The minimum atomic E-state index is -0.180. The van der Waals surface area contributed by atoms with Crippen LogP contribution in [0.3, 0.4) is 0 Å². The molecule has 174 valence electrons. The Morgan fingerprint density at radius 3 is 2.39 bits per heavy atom. The topological polar surface area (TPSA) is 68.1 Å². The molecule has 1 aliphatic rings. The number of nitrogens with zero attached hydrogens (tertiary/aromatic N) is 4. The molecule has 1 aromatic carbocycles. The number of carbonyl (C=O) groups is 1. The smallest absolute Gasteiger partial charge is 0.277 e. The SMILES string of the molecule is Cc1ccc(CCC2CCN(C(=O)c3sc(-c4c(C)c(C)nn(C)c4=O)nc3C)CC2)cc1. The summed E-state index contributed by atoms with van der Waals surface area (Å²) in [6, 6.07) is 8.79. The summed E-state index contributed by atoms with van der Waals surface area (Å²) in [7, 11) is 1.65. The van der Waals surface area contributed by atoms with E-state index in [2.05, 4.69) is 41.3 Å². The lowest BCUT2D eigenvalue weighted by atomic mass is 9.90. The minimum Gasteiger partial charge on any atom is -0.338 e. The van der Waals surface area contributed by atoms with Crippen LogP contribution >= 0.6 is 11.3 Å². The number of carbonyl (C=O) groups excluding carboxylic acids is 1. The molecule has 0 unspecified atom stereocenters. The second-order valence-electron chi connectivity index (χ2n) is 9.21. The first kappa shape index (κ1) is 23.4. The van der Waals surface area contributed by atoms with Gasteiger partial charge in [0.1, 0.15) is 9.88 Å². The van der Waals surface area contributed by atoms with Crippen LogP contribution in [0.4, 0.5) is 0 Å². The van der Waals surface area contributed by atoms with Gasteiger partial charge in [-0.15, -0.1) is 11.3 Å². The summed E-state index contributed by atoms with van der Waals surface area (Å²) in [6.07, 6.45) is 4.33. The Kier molecular flexibility index (Phi) is 6.79. The number of aryl methyl sites for hydroxylation is 5. The molecular formula is C26H32N4O2S. The molecule has 0 spiro atoms. The van der Waals surface area contributed by atoms with E-state index in [1.54, 1.807) is 7.05 Å². The van der Waals surface area contributed by atoms with Gasteiger partial charge in [-0.25, -0.2) is 9.67 Å². The predicted molar refractivity (Wildman–Crippen MR) is 133 cm³/mol. The van der Waals surface area contributed by atoms with E-state index in [1.807, 2.05) is 25.7 Å². The van der Waals surface area contributed by atoms with E-state index in [1.165, 1.54) is 33.6 Å². The maximum Gasteiger partial charge on any atom is 0.277 e. The zero-order chi connectivity index (χ0) is 23.7. The zero-order valence-corrected chi connectivity index (χ0v) is 21.0. The fraction of sp³-hybridized carbons (Fsp3) is 0.462. The van der Waals surface area contributed by atoms with E-state index in [-0.39, 0.29) is 11.5 Å². The highest BCUT2D eigenvalue weighted by Gasteiger charge is 2.27. The summed E-state index contributed by atoms with van der Waals surface area (Å²) in [5.41, 5.74) is 5.35. The molecule has 0 atom stereocenters. The Morgan fingerprint density at radius 1 is 1.06 bits per heavy atom. The lowest BCUT2D eigenvalue weighted by molar-refractivity contribution is 0.0691. The third-order valence-corrected chi connectivity index (χ3v) is 7.96. The van der Waals surface area contributed by atoms with Crippen molar-refractivity contribution in [2.24, 2.45) is 13.0 Å². The van der Waals surface area contributed by atoms with E-state index < -0.39 is 0 Å². The number of benzene rings is 1. The first-order valence-electron chi connectivity index (χ1n) is 11.6. The summed E-state index contributed by atoms with van der Waals surface area (Å²) in [5, 5.41) is 4.85.